The second-order valence-corrected chi connectivity index (χ2v) is 6.80. The van der Waals surface area contributed by atoms with Gasteiger partial charge in [-0.1, -0.05) is 61.0 Å². The molecule has 4 nitrogen and oxygen atoms in total. The number of hydrogen-bond donors (Lipinski definition) is 2. The zero-order valence-electron chi connectivity index (χ0n) is 15.5. The Hall–Kier alpha value is -3.11. The third kappa shape index (κ3) is 4.78. The van der Waals surface area contributed by atoms with Crippen molar-refractivity contribution in [2.24, 2.45) is 0 Å². The average molecular weight is 393 g/mol. The summed E-state index contributed by atoms with van der Waals surface area (Å²) in [5.41, 5.74) is 2.46. The first kappa shape index (κ1) is 19.6. The maximum atomic E-state index is 12.9. The first-order valence-corrected chi connectivity index (χ1v) is 9.48. The van der Waals surface area contributed by atoms with E-state index >= 15 is 0 Å². The van der Waals surface area contributed by atoms with Gasteiger partial charge in [-0.3, -0.25) is 9.59 Å². The van der Waals surface area contributed by atoms with Crippen molar-refractivity contribution in [2.45, 2.75) is 19.3 Å². The highest BCUT2D eigenvalue weighted by Gasteiger charge is 2.20. The third-order valence-corrected chi connectivity index (χ3v) is 4.71. The number of anilines is 2. The molecule has 0 spiro atoms. The van der Waals surface area contributed by atoms with Crippen LogP contribution >= 0.6 is 11.6 Å². The van der Waals surface area contributed by atoms with Crippen molar-refractivity contribution >= 4 is 34.8 Å². The van der Waals surface area contributed by atoms with E-state index in [0.29, 0.717) is 28.4 Å². The smallest absolute Gasteiger partial charge is 0.257 e. The standard InChI is InChI=1S/C23H21ClN2O2/c1-2-19(16-8-4-3-5-9-16)22(27)26-21-11-7-6-10-20(21)23(28)25-18-14-12-17(24)13-15-18/h3-15,19H,2H2,1H3,(H,25,28)(H,26,27)/t19-/m1/s1. The van der Waals surface area contributed by atoms with Gasteiger partial charge in [-0.05, 0) is 48.4 Å². The van der Waals surface area contributed by atoms with Crippen molar-refractivity contribution < 1.29 is 9.59 Å². The third-order valence-electron chi connectivity index (χ3n) is 4.46. The molecule has 3 aromatic carbocycles. The molecule has 0 fully saturated rings. The SMILES string of the molecule is CC[C@@H](C(=O)Nc1ccccc1C(=O)Nc1ccc(Cl)cc1)c1ccccc1. The summed E-state index contributed by atoms with van der Waals surface area (Å²) >= 11 is 5.88. The van der Waals surface area contributed by atoms with Crippen molar-refractivity contribution in [2.75, 3.05) is 10.6 Å². The molecule has 1 atom stereocenters. The monoisotopic (exact) mass is 392 g/mol. The van der Waals surface area contributed by atoms with E-state index < -0.39 is 0 Å². The lowest BCUT2D eigenvalue weighted by atomic mass is 9.95. The van der Waals surface area contributed by atoms with Crippen LogP contribution in [0.3, 0.4) is 0 Å². The predicted octanol–water partition coefficient (Wildman–Crippen LogP) is 5.72. The minimum atomic E-state index is -0.300. The summed E-state index contributed by atoms with van der Waals surface area (Å²) in [4.78, 5) is 25.6. The van der Waals surface area contributed by atoms with Gasteiger partial charge in [-0.15, -0.1) is 0 Å². The highest BCUT2D eigenvalue weighted by atomic mass is 35.5. The number of hydrogen-bond acceptors (Lipinski definition) is 2. The first-order valence-electron chi connectivity index (χ1n) is 9.10. The Morgan fingerprint density at radius 1 is 0.857 bits per heavy atom. The summed E-state index contributed by atoms with van der Waals surface area (Å²) < 4.78 is 0. The minimum absolute atomic E-state index is 0.138. The number of rotatable bonds is 6. The second kappa shape index (κ2) is 9.20. The number of halogens is 1. The van der Waals surface area contributed by atoms with Gasteiger partial charge in [0.15, 0.2) is 0 Å². The van der Waals surface area contributed by atoms with E-state index in [2.05, 4.69) is 10.6 Å². The van der Waals surface area contributed by atoms with Crippen LogP contribution in [0.15, 0.2) is 78.9 Å². The fraction of sp³-hybridized carbons (Fsp3) is 0.130. The van der Waals surface area contributed by atoms with Crippen LogP contribution in [-0.4, -0.2) is 11.8 Å². The van der Waals surface area contributed by atoms with Crippen LogP contribution in [-0.2, 0) is 4.79 Å². The van der Waals surface area contributed by atoms with E-state index in [0.717, 1.165) is 5.56 Å². The van der Waals surface area contributed by atoms with E-state index in [9.17, 15) is 9.59 Å². The van der Waals surface area contributed by atoms with Crippen molar-refractivity contribution in [1.29, 1.82) is 0 Å². The summed E-state index contributed by atoms with van der Waals surface area (Å²) in [6, 6.07) is 23.5. The molecule has 0 heterocycles. The molecular formula is C23H21ClN2O2. The summed E-state index contributed by atoms with van der Waals surface area (Å²) in [6.45, 7) is 1.97. The maximum Gasteiger partial charge on any atom is 0.257 e. The molecule has 0 saturated heterocycles. The van der Waals surface area contributed by atoms with Crippen LogP contribution in [0.1, 0.15) is 35.2 Å². The average Bonchev–Trinajstić information content (AvgIpc) is 2.71. The summed E-state index contributed by atoms with van der Waals surface area (Å²) in [7, 11) is 0. The minimum Gasteiger partial charge on any atom is -0.325 e. The van der Waals surface area contributed by atoms with Crippen LogP contribution in [0, 0.1) is 0 Å². The van der Waals surface area contributed by atoms with Gasteiger partial charge in [0.2, 0.25) is 5.91 Å². The number of amides is 2. The van der Waals surface area contributed by atoms with Gasteiger partial charge < -0.3 is 10.6 Å². The predicted molar refractivity (Wildman–Crippen MR) is 114 cm³/mol. The van der Waals surface area contributed by atoms with Crippen molar-refractivity contribution in [3.8, 4) is 0 Å². The zero-order chi connectivity index (χ0) is 19.9. The van der Waals surface area contributed by atoms with Gasteiger partial charge >= 0.3 is 0 Å². The fourth-order valence-electron chi connectivity index (χ4n) is 3.00. The molecule has 0 unspecified atom stereocenters. The molecule has 0 aliphatic carbocycles. The van der Waals surface area contributed by atoms with E-state index in [1.165, 1.54) is 0 Å². The van der Waals surface area contributed by atoms with Crippen LogP contribution in [0.5, 0.6) is 0 Å². The number of carbonyl (C=O) groups is 2. The molecule has 0 bridgehead atoms. The van der Waals surface area contributed by atoms with Crippen LogP contribution in [0.25, 0.3) is 0 Å². The Kier molecular flexibility index (Phi) is 6.45. The van der Waals surface area contributed by atoms with Gasteiger partial charge in [0, 0.05) is 10.7 Å². The molecule has 0 aliphatic rings. The highest BCUT2D eigenvalue weighted by molar-refractivity contribution is 6.30. The molecule has 2 N–H and O–H groups in total. The van der Waals surface area contributed by atoms with E-state index in [-0.39, 0.29) is 17.7 Å². The van der Waals surface area contributed by atoms with Crippen molar-refractivity contribution in [3.05, 3.63) is 95.0 Å². The van der Waals surface area contributed by atoms with E-state index in [4.69, 9.17) is 11.6 Å². The molecule has 5 heteroatoms. The van der Waals surface area contributed by atoms with Gasteiger partial charge in [0.1, 0.15) is 0 Å². The molecule has 0 aromatic heterocycles. The fourth-order valence-corrected chi connectivity index (χ4v) is 3.13. The Balaban J connectivity index is 1.78. The lowest BCUT2D eigenvalue weighted by Crippen LogP contribution is -2.23. The van der Waals surface area contributed by atoms with Crippen LogP contribution < -0.4 is 10.6 Å². The van der Waals surface area contributed by atoms with Gasteiger partial charge in [-0.25, -0.2) is 0 Å². The van der Waals surface area contributed by atoms with Crippen molar-refractivity contribution in [1.82, 2.24) is 0 Å². The number of nitrogens with one attached hydrogen (secondary N) is 2. The van der Waals surface area contributed by atoms with Crippen LogP contribution in [0.2, 0.25) is 5.02 Å². The summed E-state index contributed by atoms with van der Waals surface area (Å²) in [6.07, 6.45) is 0.662. The molecule has 0 saturated carbocycles. The lowest BCUT2D eigenvalue weighted by molar-refractivity contribution is -0.117. The van der Waals surface area contributed by atoms with E-state index in [1.54, 1.807) is 48.5 Å². The molecular weight excluding hydrogens is 372 g/mol. The number of carbonyl (C=O) groups excluding carboxylic acids is 2. The Morgan fingerprint density at radius 2 is 1.50 bits per heavy atom. The Bertz CT molecular complexity index is 956. The van der Waals surface area contributed by atoms with Gasteiger partial charge in [-0.2, -0.15) is 0 Å². The molecule has 0 radical (unpaired) electrons. The molecule has 2 amide bonds. The quantitative estimate of drug-likeness (QED) is 0.563. The van der Waals surface area contributed by atoms with E-state index in [1.807, 2.05) is 37.3 Å². The topological polar surface area (TPSA) is 58.2 Å². The second-order valence-electron chi connectivity index (χ2n) is 6.37. The number of benzene rings is 3. The maximum absolute atomic E-state index is 12.9. The zero-order valence-corrected chi connectivity index (χ0v) is 16.2. The van der Waals surface area contributed by atoms with Gasteiger partial charge in [0.25, 0.3) is 5.91 Å². The first-order chi connectivity index (χ1) is 13.6. The van der Waals surface area contributed by atoms with Crippen molar-refractivity contribution in [3.63, 3.8) is 0 Å². The Morgan fingerprint density at radius 3 is 2.18 bits per heavy atom. The normalized spacial score (nSPS) is 11.5. The summed E-state index contributed by atoms with van der Waals surface area (Å²) in [5, 5.41) is 6.33. The Labute approximate surface area is 169 Å². The van der Waals surface area contributed by atoms with Gasteiger partial charge in [0.05, 0.1) is 17.2 Å². The number of para-hydroxylation sites is 1. The lowest BCUT2D eigenvalue weighted by Gasteiger charge is -2.17. The summed E-state index contributed by atoms with van der Waals surface area (Å²) in [5.74, 6) is -0.722. The molecule has 3 rings (SSSR count). The van der Waals surface area contributed by atoms with Crippen LogP contribution in [0.4, 0.5) is 11.4 Å². The largest absolute Gasteiger partial charge is 0.325 e. The molecule has 3 aromatic rings. The molecule has 28 heavy (non-hydrogen) atoms. The highest BCUT2D eigenvalue weighted by Crippen LogP contribution is 2.24. The molecule has 142 valence electrons. The molecule has 0 aliphatic heterocycles.